The molecular formula is C21H21F3N6O5S. The van der Waals surface area contributed by atoms with Gasteiger partial charge in [0.25, 0.3) is 0 Å². The molecule has 1 aliphatic rings. The number of carbonyl (C=O) groups excluding carboxylic acids is 1. The first-order chi connectivity index (χ1) is 17.0. The number of halogens is 3. The number of fused-ring (bicyclic) bond motifs is 1. The van der Waals surface area contributed by atoms with Crippen molar-refractivity contribution in [3.63, 3.8) is 0 Å². The number of carboxylic acid groups (broad SMARTS) is 1. The molecule has 1 aliphatic heterocycles. The van der Waals surface area contributed by atoms with E-state index in [0.717, 1.165) is 11.4 Å². The Morgan fingerprint density at radius 2 is 1.86 bits per heavy atom. The number of sulfonamides is 1. The zero-order valence-electron chi connectivity index (χ0n) is 18.5. The van der Waals surface area contributed by atoms with Gasteiger partial charge >= 0.3 is 12.1 Å². The Balaban J connectivity index is 0.000000454. The minimum Gasteiger partial charge on any atom is -0.475 e. The molecule has 0 aromatic carbocycles. The monoisotopic (exact) mass is 526 g/mol. The van der Waals surface area contributed by atoms with Crippen LogP contribution < -0.4 is 5.32 Å². The molecule has 0 radical (unpaired) electrons. The maximum absolute atomic E-state index is 13.0. The van der Waals surface area contributed by atoms with E-state index in [0.29, 0.717) is 6.54 Å². The zero-order chi connectivity index (χ0) is 26.3. The Hall–Kier alpha value is -3.85. The Bertz CT molecular complexity index is 1290. The largest absolute Gasteiger partial charge is 0.490 e. The minimum atomic E-state index is -5.08. The normalized spacial score (nSPS) is 15.8. The smallest absolute Gasteiger partial charge is 0.475 e. The average molecular weight is 526 g/mol. The number of alkyl halides is 3. The fraction of sp³-hybridized carbons (Fsp3) is 0.286. The Morgan fingerprint density at radius 1 is 1.11 bits per heavy atom. The number of hydrogen-bond donors (Lipinski definition) is 2. The van der Waals surface area contributed by atoms with Gasteiger partial charge in [-0.15, -0.1) is 0 Å². The number of pyridine rings is 2. The van der Waals surface area contributed by atoms with Gasteiger partial charge in [-0.3, -0.25) is 19.4 Å². The molecule has 1 atom stereocenters. The van der Waals surface area contributed by atoms with Crippen LogP contribution in [0.3, 0.4) is 0 Å². The van der Waals surface area contributed by atoms with Crippen molar-refractivity contribution in [2.75, 3.05) is 6.54 Å². The lowest BCUT2D eigenvalue weighted by molar-refractivity contribution is -0.192. The van der Waals surface area contributed by atoms with Crippen LogP contribution >= 0.6 is 0 Å². The first-order valence-corrected chi connectivity index (χ1v) is 11.8. The van der Waals surface area contributed by atoms with Crippen molar-refractivity contribution >= 4 is 21.9 Å². The summed E-state index contributed by atoms with van der Waals surface area (Å²) in [6, 6.07) is 9.96. The van der Waals surface area contributed by atoms with Gasteiger partial charge in [-0.2, -0.15) is 22.6 Å². The van der Waals surface area contributed by atoms with Crippen molar-refractivity contribution in [1.82, 2.24) is 29.4 Å². The number of aromatic nitrogens is 4. The molecule has 15 heteroatoms. The number of nitrogens with one attached hydrogen (secondary N) is 1. The molecule has 4 rings (SSSR count). The second-order valence-electron chi connectivity index (χ2n) is 7.51. The molecule has 0 aliphatic carbocycles. The summed E-state index contributed by atoms with van der Waals surface area (Å²) < 4.78 is 60.9. The highest BCUT2D eigenvalue weighted by Gasteiger charge is 2.38. The van der Waals surface area contributed by atoms with Gasteiger partial charge in [0.05, 0.1) is 36.9 Å². The molecule has 1 unspecified atom stereocenters. The van der Waals surface area contributed by atoms with Crippen LogP contribution in [0, 0.1) is 0 Å². The van der Waals surface area contributed by atoms with E-state index in [2.05, 4.69) is 20.4 Å². The van der Waals surface area contributed by atoms with Crippen LogP contribution in [0.4, 0.5) is 13.2 Å². The molecule has 11 nitrogen and oxygen atoms in total. The lowest BCUT2D eigenvalue weighted by Crippen LogP contribution is -2.42. The number of carbonyl (C=O) groups is 2. The summed E-state index contributed by atoms with van der Waals surface area (Å²) >= 11 is 0. The number of rotatable bonds is 6. The second kappa shape index (κ2) is 11.3. The van der Waals surface area contributed by atoms with Crippen LogP contribution in [-0.2, 0) is 32.7 Å². The SMILES string of the molecule is O=C(CC1CN(S(=O)(=O)c2cccnc2)Cc2ccnn21)NCc1ccccn1.O=C(O)C(F)(F)F. The van der Waals surface area contributed by atoms with Gasteiger partial charge in [0, 0.05) is 31.3 Å². The number of hydrogen-bond acceptors (Lipinski definition) is 7. The third-order valence-corrected chi connectivity index (χ3v) is 6.77. The van der Waals surface area contributed by atoms with Crippen LogP contribution in [0.2, 0.25) is 0 Å². The maximum atomic E-state index is 13.0. The molecule has 4 heterocycles. The molecule has 0 fully saturated rings. The van der Waals surface area contributed by atoms with E-state index < -0.39 is 28.2 Å². The molecule has 0 saturated heterocycles. The Labute approximate surface area is 203 Å². The van der Waals surface area contributed by atoms with Crippen molar-refractivity contribution in [3.05, 3.63) is 72.6 Å². The van der Waals surface area contributed by atoms with Gasteiger partial charge in [0.15, 0.2) is 0 Å². The predicted octanol–water partition coefficient (Wildman–Crippen LogP) is 1.76. The average Bonchev–Trinajstić information content (AvgIpc) is 3.33. The summed E-state index contributed by atoms with van der Waals surface area (Å²) in [7, 11) is -3.72. The van der Waals surface area contributed by atoms with E-state index in [9.17, 15) is 26.4 Å². The first kappa shape index (κ1) is 26.7. The lowest BCUT2D eigenvalue weighted by Gasteiger charge is -2.32. The Morgan fingerprint density at radius 3 is 2.47 bits per heavy atom. The van der Waals surface area contributed by atoms with Crippen molar-refractivity contribution in [2.45, 2.75) is 36.6 Å². The quantitative estimate of drug-likeness (QED) is 0.494. The van der Waals surface area contributed by atoms with E-state index in [1.165, 1.54) is 22.8 Å². The number of aliphatic carboxylic acids is 1. The second-order valence-corrected chi connectivity index (χ2v) is 9.45. The van der Waals surface area contributed by atoms with Crippen LogP contribution in [0.5, 0.6) is 0 Å². The number of carboxylic acids is 1. The highest BCUT2D eigenvalue weighted by molar-refractivity contribution is 7.89. The summed E-state index contributed by atoms with van der Waals surface area (Å²) in [6.07, 6.45) is 1.17. The fourth-order valence-electron chi connectivity index (χ4n) is 3.31. The first-order valence-electron chi connectivity index (χ1n) is 10.4. The molecular weight excluding hydrogens is 505 g/mol. The molecule has 0 spiro atoms. The molecule has 192 valence electrons. The van der Waals surface area contributed by atoms with Crippen LogP contribution in [0.1, 0.15) is 23.9 Å². The van der Waals surface area contributed by atoms with E-state index in [-0.39, 0.29) is 30.3 Å². The van der Waals surface area contributed by atoms with Gasteiger partial charge in [0.1, 0.15) is 4.90 Å². The van der Waals surface area contributed by atoms with Crippen molar-refractivity contribution in [3.8, 4) is 0 Å². The molecule has 3 aromatic rings. The number of amides is 1. The van der Waals surface area contributed by atoms with Crippen LogP contribution in [0.25, 0.3) is 0 Å². The molecule has 2 N–H and O–H groups in total. The fourth-order valence-corrected chi connectivity index (χ4v) is 4.73. The van der Waals surface area contributed by atoms with Crippen molar-refractivity contribution < 1.29 is 36.3 Å². The van der Waals surface area contributed by atoms with E-state index in [1.54, 1.807) is 29.2 Å². The zero-order valence-corrected chi connectivity index (χ0v) is 19.4. The molecule has 3 aromatic heterocycles. The summed E-state index contributed by atoms with van der Waals surface area (Å²) in [5.74, 6) is -2.95. The van der Waals surface area contributed by atoms with E-state index >= 15 is 0 Å². The summed E-state index contributed by atoms with van der Waals surface area (Å²) in [5, 5.41) is 14.2. The topological polar surface area (TPSA) is 147 Å². The lowest BCUT2D eigenvalue weighted by atomic mass is 10.1. The van der Waals surface area contributed by atoms with Crippen molar-refractivity contribution in [1.29, 1.82) is 0 Å². The van der Waals surface area contributed by atoms with Gasteiger partial charge in [-0.1, -0.05) is 6.07 Å². The molecule has 1 amide bonds. The molecule has 0 bridgehead atoms. The summed E-state index contributed by atoms with van der Waals surface area (Å²) in [6.45, 7) is 0.669. The van der Waals surface area contributed by atoms with E-state index in [1.807, 2.05) is 18.2 Å². The highest BCUT2D eigenvalue weighted by atomic mass is 32.2. The summed E-state index contributed by atoms with van der Waals surface area (Å²) in [4.78, 5) is 29.6. The Kier molecular flexibility index (Phi) is 8.37. The van der Waals surface area contributed by atoms with Gasteiger partial charge in [-0.05, 0) is 30.3 Å². The number of nitrogens with zero attached hydrogens (tertiary/aromatic N) is 5. The highest BCUT2D eigenvalue weighted by Crippen LogP contribution is 2.27. The molecule has 36 heavy (non-hydrogen) atoms. The predicted molar refractivity (Wildman–Crippen MR) is 117 cm³/mol. The van der Waals surface area contributed by atoms with Gasteiger partial charge < -0.3 is 10.4 Å². The van der Waals surface area contributed by atoms with Gasteiger partial charge in [0.2, 0.25) is 15.9 Å². The summed E-state index contributed by atoms with van der Waals surface area (Å²) in [5.41, 5.74) is 1.50. The van der Waals surface area contributed by atoms with Crippen LogP contribution in [0.15, 0.2) is 66.1 Å². The minimum absolute atomic E-state index is 0.112. The van der Waals surface area contributed by atoms with Crippen LogP contribution in [-0.4, -0.2) is 62.2 Å². The maximum Gasteiger partial charge on any atom is 0.490 e. The third-order valence-electron chi connectivity index (χ3n) is 4.98. The standard InChI is InChI=1S/C19H20N6O3S.C2HF3O2/c26-19(22-11-15-4-1-2-8-21-15)10-17-14-24(13-16-6-9-23-25(16)17)29(27,28)18-5-3-7-20-12-18;3-2(4,5)1(6)7/h1-9,12,17H,10-11,13-14H2,(H,22,26);(H,6,7). The third kappa shape index (κ3) is 6.85. The van der Waals surface area contributed by atoms with Gasteiger partial charge in [-0.25, -0.2) is 13.2 Å². The van der Waals surface area contributed by atoms with E-state index in [4.69, 9.17) is 9.90 Å². The molecule has 0 saturated carbocycles. The van der Waals surface area contributed by atoms with Crippen molar-refractivity contribution in [2.24, 2.45) is 0 Å².